The number of halogens is 1. The molecule has 0 bridgehead atoms. The molecule has 160 valence electrons. The van der Waals surface area contributed by atoms with Gasteiger partial charge >= 0.3 is 0 Å². The second kappa shape index (κ2) is 7.48. The van der Waals surface area contributed by atoms with Crippen LogP contribution in [0.15, 0.2) is 120 Å². The maximum Gasteiger partial charge on any atom is 0.143 e. The Labute approximate surface area is 201 Å². The Bertz CT molecular complexity index is 1860. The molecule has 34 heavy (non-hydrogen) atoms. The molecule has 0 aliphatic rings. The normalized spacial score (nSPS) is 11.7. The number of fused-ring (bicyclic) bond motifs is 5. The molecule has 7 rings (SSSR count). The molecule has 0 amide bonds. The van der Waals surface area contributed by atoms with Gasteiger partial charge in [-0.2, -0.15) is 0 Å². The lowest BCUT2D eigenvalue weighted by atomic mass is 9.93. The summed E-state index contributed by atoms with van der Waals surface area (Å²) in [5.74, 6) is 0. The fourth-order valence-corrected chi connectivity index (χ4v) is 5.33. The fraction of sp³-hybridized carbons (Fsp3) is 0. The van der Waals surface area contributed by atoms with E-state index in [0.717, 1.165) is 33.1 Å². The van der Waals surface area contributed by atoms with Gasteiger partial charge in [-0.25, -0.2) is 0 Å². The molecule has 0 N–H and O–H groups in total. The summed E-state index contributed by atoms with van der Waals surface area (Å²) in [5.41, 5.74) is 6.32. The number of rotatable bonds is 2. The highest BCUT2D eigenvalue weighted by atomic mass is 35.5. The molecular formula is C32H19ClO. The lowest BCUT2D eigenvalue weighted by Gasteiger charge is -2.10. The summed E-state index contributed by atoms with van der Waals surface area (Å²) in [6.07, 6.45) is 0. The second-order valence-electron chi connectivity index (χ2n) is 8.70. The summed E-state index contributed by atoms with van der Waals surface area (Å²) < 4.78 is 6.41. The van der Waals surface area contributed by atoms with Crippen molar-refractivity contribution in [1.29, 1.82) is 0 Å². The van der Waals surface area contributed by atoms with Crippen LogP contribution in [0.1, 0.15) is 0 Å². The van der Waals surface area contributed by atoms with Gasteiger partial charge < -0.3 is 4.42 Å². The lowest BCUT2D eigenvalue weighted by Crippen LogP contribution is -1.85. The zero-order valence-electron chi connectivity index (χ0n) is 18.3. The van der Waals surface area contributed by atoms with E-state index in [1.165, 1.54) is 32.7 Å². The van der Waals surface area contributed by atoms with E-state index in [0.29, 0.717) is 5.02 Å². The van der Waals surface area contributed by atoms with Crippen LogP contribution >= 0.6 is 11.6 Å². The Kier molecular flexibility index (Phi) is 4.27. The third-order valence-corrected chi connectivity index (χ3v) is 7.03. The highest BCUT2D eigenvalue weighted by Gasteiger charge is 2.17. The van der Waals surface area contributed by atoms with E-state index in [9.17, 15) is 0 Å². The average Bonchev–Trinajstić information content (AvgIpc) is 3.26. The van der Waals surface area contributed by atoms with Crippen LogP contribution in [-0.4, -0.2) is 0 Å². The van der Waals surface area contributed by atoms with Crippen LogP contribution in [0.5, 0.6) is 0 Å². The highest BCUT2D eigenvalue weighted by Crippen LogP contribution is 2.43. The first-order chi connectivity index (χ1) is 16.8. The summed E-state index contributed by atoms with van der Waals surface area (Å²) in [6.45, 7) is 0. The standard InChI is InChI=1S/C32H19ClO/c33-28-10-5-11-29-31(28)27-19-25-8-3-4-9-26(25)30(32(27)34-29)22-15-12-21(13-16-22)24-17-14-20-6-1-2-7-23(20)18-24/h1-19H. The zero-order chi connectivity index (χ0) is 22.6. The van der Waals surface area contributed by atoms with Crippen molar-refractivity contribution in [3.8, 4) is 22.3 Å². The fourth-order valence-electron chi connectivity index (χ4n) is 5.07. The molecule has 1 heterocycles. The van der Waals surface area contributed by atoms with E-state index in [1.54, 1.807) is 0 Å². The summed E-state index contributed by atoms with van der Waals surface area (Å²) in [4.78, 5) is 0. The van der Waals surface area contributed by atoms with Gasteiger partial charge in [0.05, 0.1) is 5.02 Å². The monoisotopic (exact) mass is 454 g/mol. The van der Waals surface area contributed by atoms with Crippen molar-refractivity contribution in [2.24, 2.45) is 0 Å². The molecule has 6 aromatic carbocycles. The molecule has 0 aliphatic carbocycles. The van der Waals surface area contributed by atoms with E-state index < -0.39 is 0 Å². The van der Waals surface area contributed by atoms with Crippen molar-refractivity contribution in [3.05, 3.63) is 120 Å². The Balaban J connectivity index is 1.45. The smallest absolute Gasteiger partial charge is 0.143 e. The van der Waals surface area contributed by atoms with Gasteiger partial charge in [0.25, 0.3) is 0 Å². The minimum absolute atomic E-state index is 0.712. The first-order valence-corrected chi connectivity index (χ1v) is 11.8. The number of benzene rings is 6. The zero-order valence-corrected chi connectivity index (χ0v) is 19.0. The van der Waals surface area contributed by atoms with Crippen LogP contribution in [0, 0.1) is 0 Å². The molecule has 2 heteroatoms. The van der Waals surface area contributed by atoms with Crippen molar-refractivity contribution in [1.82, 2.24) is 0 Å². The van der Waals surface area contributed by atoms with Gasteiger partial charge in [-0.1, -0.05) is 103 Å². The van der Waals surface area contributed by atoms with Gasteiger partial charge in [0.2, 0.25) is 0 Å². The molecule has 0 unspecified atom stereocenters. The third kappa shape index (κ3) is 2.95. The minimum Gasteiger partial charge on any atom is -0.455 e. The SMILES string of the molecule is Clc1cccc2oc3c(-c4ccc(-c5ccc6ccccc6c5)cc4)c4ccccc4cc3c12. The number of furan rings is 1. The van der Waals surface area contributed by atoms with Crippen molar-refractivity contribution in [3.63, 3.8) is 0 Å². The van der Waals surface area contributed by atoms with Crippen LogP contribution in [0.3, 0.4) is 0 Å². The van der Waals surface area contributed by atoms with E-state index >= 15 is 0 Å². The first kappa shape index (κ1) is 19.4. The average molecular weight is 455 g/mol. The van der Waals surface area contributed by atoms with Crippen molar-refractivity contribution in [2.75, 3.05) is 0 Å². The Morgan fingerprint density at radius 1 is 0.500 bits per heavy atom. The molecule has 1 nitrogen and oxygen atoms in total. The predicted molar refractivity (Wildman–Crippen MR) is 145 cm³/mol. The molecule has 0 spiro atoms. The molecule has 7 aromatic rings. The van der Waals surface area contributed by atoms with E-state index in [2.05, 4.69) is 97.1 Å². The van der Waals surface area contributed by atoms with Gasteiger partial charge in [0.15, 0.2) is 0 Å². The van der Waals surface area contributed by atoms with Crippen LogP contribution in [-0.2, 0) is 0 Å². The van der Waals surface area contributed by atoms with Crippen LogP contribution in [0.2, 0.25) is 5.02 Å². The molecule has 0 atom stereocenters. The van der Waals surface area contributed by atoms with Gasteiger partial charge in [-0.15, -0.1) is 0 Å². The Morgan fingerprint density at radius 3 is 2.06 bits per heavy atom. The molecule has 0 fully saturated rings. The maximum atomic E-state index is 6.60. The van der Waals surface area contributed by atoms with Crippen LogP contribution in [0.4, 0.5) is 0 Å². The van der Waals surface area contributed by atoms with Crippen LogP contribution < -0.4 is 0 Å². The van der Waals surface area contributed by atoms with Gasteiger partial charge in [-0.3, -0.25) is 0 Å². The summed E-state index contributed by atoms with van der Waals surface area (Å²) >= 11 is 6.60. The molecule has 0 saturated heterocycles. The topological polar surface area (TPSA) is 13.1 Å². The number of hydrogen-bond acceptors (Lipinski definition) is 1. The third-order valence-electron chi connectivity index (χ3n) is 6.71. The van der Waals surface area contributed by atoms with Crippen molar-refractivity contribution >= 4 is 55.1 Å². The molecule has 1 aromatic heterocycles. The Hall–Kier alpha value is -4.07. The van der Waals surface area contributed by atoms with Gasteiger partial charge in [0.1, 0.15) is 11.2 Å². The van der Waals surface area contributed by atoms with E-state index in [1.807, 2.05) is 18.2 Å². The van der Waals surface area contributed by atoms with E-state index in [-0.39, 0.29) is 0 Å². The largest absolute Gasteiger partial charge is 0.455 e. The first-order valence-electron chi connectivity index (χ1n) is 11.4. The highest BCUT2D eigenvalue weighted by molar-refractivity contribution is 6.38. The van der Waals surface area contributed by atoms with E-state index in [4.69, 9.17) is 16.0 Å². The Morgan fingerprint density at radius 2 is 1.21 bits per heavy atom. The van der Waals surface area contributed by atoms with Crippen molar-refractivity contribution in [2.45, 2.75) is 0 Å². The molecule has 0 radical (unpaired) electrons. The van der Waals surface area contributed by atoms with Crippen molar-refractivity contribution < 1.29 is 4.42 Å². The lowest BCUT2D eigenvalue weighted by molar-refractivity contribution is 0.670. The van der Waals surface area contributed by atoms with Crippen LogP contribution in [0.25, 0.3) is 65.7 Å². The molecular weight excluding hydrogens is 436 g/mol. The quantitative estimate of drug-likeness (QED) is 0.253. The molecule has 0 saturated carbocycles. The predicted octanol–water partition coefficient (Wildman–Crippen LogP) is 9.88. The summed E-state index contributed by atoms with van der Waals surface area (Å²) in [6, 6.07) is 40.4. The molecule has 0 aliphatic heterocycles. The second-order valence-corrected chi connectivity index (χ2v) is 9.11. The van der Waals surface area contributed by atoms with Gasteiger partial charge in [-0.05, 0) is 62.5 Å². The minimum atomic E-state index is 0.712. The maximum absolute atomic E-state index is 6.60. The summed E-state index contributed by atoms with van der Waals surface area (Å²) in [5, 5.41) is 7.58. The summed E-state index contributed by atoms with van der Waals surface area (Å²) in [7, 11) is 0. The number of hydrogen-bond donors (Lipinski definition) is 0. The van der Waals surface area contributed by atoms with Gasteiger partial charge in [0, 0.05) is 16.3 Å².